The van der Waals surface area contributed by atoms with E-state index < -0.39 is 5.60 Å². The Morgan fingerprint density at radius 1 is 1.33 bits per heavy atom. The van der Waals surface area contributed by atoms with Crippen LogP contribution in [0.25, 0.3) is 0 Å². The van der Waals surface area contributed by atoms with Crippen molar-refractivity contribution < 1.29 is 23.8 Å². The van der Waals surface area contributed by atoms with Crippen LogP contribution in [-0.2, 0) is 19.0 Å². The molecule has 1 fully saturated rings. The zero-order valence-electron chi connectivity index (χ0n) is 15.3. The van der Waals surface area contributed by atoms with E-state index in [2.05, 4.69) is 6.58 Å². The maximum atomic E-state index is 12.1. The van der Waals surface area contributed by atoms with Crippen molar-refractivity contribution in [2.45, 2.75) is 25.4 Å². The molecule has 0 aromatic heterocycles. The smallest absolute Gasteiger partial charge is 0.338 e. The monoisotopic (exact) mass is 366 g/mol. The summed E-state index contributed by atoms with van der Waals surface area (Å²) in [5, 5.41) is 0. The quantitative estimate of drug-likeness (QED) is 0.541. The SMILES string of the molecule is C=CCC1=C[C@@]2(C/C=C(/C)COC(=O)c3ccccc3)OCOC2=CC1=O. The third-order valence-electron chi connectivity index (χ3n) is 4.49. The molecule has 1 saturated heterocycles. The number of benzene rings is 1. The summed E-state index contributed by atoms with van der Waals surface area (Å²) in [5.41, 5.74) is 1.26. The average molecular weight is 366 g/mol. The minimum absolute atomic E-state index is 0.0801. The number of rotatable bonds is 7. The lowest BCUT2D eigenvalue weighted by Gasteiger charge is -2.26. The predicted octanol–water partition coefficient (Wildman–Crippen LogP) is 3.89. The number of carbonyl (C=O) groups excluding carboxylic acids is 2. The molecule has 0 spiro atoms. The highest BCUT2D eigenvalue weighted by Crippen LogP contribution is 2.39. The maximum Gasteiger partial charge on any atom is 0.338 e. The highest BCUT2D eigenvalue weighted by Gasteiger charge is 2.43. The van der Waals surface area contributed by atoms with Crippen molar-refractivity contribution in [3.8, 4) is 0 Å². The second-order valence-corrected chi connectivity index (χ2v) is 6.53. The van der Waals surface area contributed by atoms with E-state index in [1.54, 1.807) is 30.3 Å². The van der Waals surface area contributed by atoms with Gasteiger partial charge < -0.3 is 14.2 Å². The van der Waals surface area contributed by atoms with E-state index in [0.717, 1.165) is 5.57 Å². The minimum atomic E-state index is -0.781. The number of carbonyl (C=O) groups is 2. The lowest BCUT2D eigenvalue weighted by molar-refractivity contribution is -0.111. The van der Waals surface area contributed by atoms with E-state index in [9.17, 15) is 9.59 Å². The summed E-state index contributed by atoms with van der Waals surface area (Å²) >= 11 is 0. The Balaban J connectivity index is 1.66. The second-order valence-electron chi connectivity index (χ2n) is 6.53. The number of hydrogen-bond acceptors (Lipinski definition) is 5. The fraction of sp³-hybridized carbons (Fsp3) is 0.273. The van der Waals surface area contributed by atoms with Crippen molar-refractivity contribution >= 4 is 11.8 Å². The van der Waals surface area contributed by atoms with Crippen LogP contribution in [0.2, 0.25) is 0 Å². The Morgan fingerprint density at radius 3 is 2.85 bits per heavy atom. The van der Waals surface area contributed by atoms with Crippen molar-refractivity contribution in [1.29, 1.82) is 0 Å². The first-order chi connectivity index (χ1) is 13.0. The number of ether oxygens (including phenoxy) is 3. The van der Waals surface area contributed by atoms with Crippen LogP contribution in [0.5, 0.6) is 0 Å². The second kappa shape index (κ2) is 8.18. The van der Waals surface area contributed by atoms with Crippen LogP contribution >= 0.6 is 0 Å². The largest absolute Gasteiger partial charge is 0.468 e. The zero-order valence-corrected chi connectivity index (χ0v) is 15.3. The normalized spacial score (nSPS) is 21.7. The molecule has 1 aromatic rings. The summed E-state index contributed by atoms with van der Waals surface area (Å²) in [6, 6.07) is 8.86. The Morgan fingerprint density at radius 2 is 2.11 bits per heavy atom. The molecule has 0 bridgehead atoms. The molecule has 140 valence electrons. The van der Waals surface area contributed by atoms with Gasteiger partial charge in [-0.25, -0.2) is 4.79 Å². The van der Waals surface area contributed by atoms with Gasteiger partial charge in [0.1, 0.15) is 12.4 Å². The predicted molar refractivity (Wildman–Crippen MR) is 101 cm³/mol. The average Bonchev–Trinajstić information content (AvgIpc) is 3.08. The summed E-state index contributed by atoms with van der Waals surface area (Å²) in [6.45, 7) is 5.87. The Bertz CT molecular complexity index is 832. The third kappa shape index (κ3) is 4.26. The van der Waals surface area contributed by atoms with Gasteiger partial charge in [-0.05, 0) is 37.1 Å². The third-order valence-corrected chi connectivity index (χ3v) is 4.49. The highest BCUT2D eigenvalue weighted by molar-refractivity contribution is 6.06. The molecule has 2 aliphatic rings. The Labute approximate surface area is 158 Å². The van der Waals surface area contributed by atoms with Gasteiger partial charge in [0.2, 0.25) is 0 Å². The molecular formula is C22H22O5. The summed E-state index contributed by atoms with van der Waals surface area (Å²) in [4.78, 5) is 24.1. The van der Waals surface area contributed by atoms with Crippen LogP contribution in [0.3, 0.4) is 0 Å². The lowest BCUT2D eigenvalue weighted by Crippen LogP contribution is -2.31. The van der Waals surface area contributed by atoms with Crippen LogP contribution in [0.1, 0.15) is 30.1 Å². The first kappa shape index (κ1) is 18.9. The standard InChI is InChI=1S/C22H22O5/c1-3-7-18-13-22(20(12-19(18)23)26-15-27-22)11-10-16(2)14-25-21(24)17-8-5-4-6-9-17/h3-6,8-10,12-13H,1,7,11,14-15H2,2H3/b16-10-/t22-/m1/s1. The van der Waals surface area contributed by atoms with Gasteiger partial charge >= 0.3 is 5.97 Å². The number of esters is 1. The first-order valence-corrected chi connectivity index (χ1v) is 8.78. The molecule has 27 heavy (non-hydrogen) atoms. The Kier molecular flexibility index (Phi) is 5.72. The summed E-state index contributed by atoms with van der Waals surface area (Å²) in [5.74, 6) is 0.0770. The van der Waals surface area contributed by atoms with Gasteiger partial charge in [-0.1, -0.05) is 30.4 Å². The molecule has 1 heterocycles. The summed E-state index contributed by atoms with van der Waals surface area (Å²) in [7, 11) is 0. The molecule has 0 N–H and O–H groups in total. The molecule has 1 aromatic carbocycles. The number of ketones is 1. The van der Waals surface area contributed by atoms with Crippen molar-refractivity contribution in [2.75, 3.05) is 13.4 Å². The van der Waals surface area contributed by atoms with Crippen LogP contribution in [0.15, 0.2) is 78.1 Å². The van der Waals surface area contributed by atoms with E-state index in [1.807, 2.05) is 25.1 Å². The van der Waals surface area contributed by atoms with E-state index >= 15 is 0 Å². The van der Waals surface area contributed by atoms with Gasteiger partial charge in [0.05, 0.1) is 5.56 Å². The van der Waals surface area contributed by atoms with Gasteiger partial charge in [-0.3, -0.25) is 4.79 Å². The van der Waals surface area contributed by atoms with E-state index in [-0.39, 0.29) is 25.2 Å². The summed E-state index contributed by atoms with van der Waals surface area (Å²) < 4.78 is 16.6. The van der Waals surface area contributed by atoms with Crippen LogP contribution in [-0.4, -0.2) is 30.8 Å². The van der Waals surface area contributed by atoms with E-state index in [0.29, 0.717) is 29.7 Å². The molecule has 0 unspecified atom stereocenters. The van der Waals surface area contributed by atoms with Crippen molar-refractivity contribution in [2.24, 2.45) is 0 Å². The molecule has 1 aliphatic carbocycles. The van der Waals surface area contributed by atoms with Gasteiger partial charge in [0, 0.05) is 18.1 Å². The van der Waals surface area contributed by atoms with Crippen LogP contribution in [0, 0.1) is 0 Å². The van der Waals surface area contributed by atoms with Crippen LogP contribution < -0.4 is 0 Å². The zero-order chi connectivity index (χ0) is 19.3. The maximum absolute atomic E-state index is 12.1. The van der Waals surface area contributed by atoms with E-state index in [4.69, 9.17) is 14.2 Å². The van der Waals surface area contributed by atoms with Gasteiger partial charge in [0.15, 0.2) is 18.2 Å². The molecule has 3 rings (SSSR count). The summed E-state index contributed by atoms with van der Waals surface area (Å²) in [6.07, 6.45) is 7.91. The van der Waals surface area contributed by atoms with Crippen LogP contribution in [0.4, 0.5) is 0 Å². The van der Waals surface area contributed by atoms with Crippen molar-refractivity contribution in [3.05, 3.63) is 83.7 Å². The molecule has 0 saturated carbocycles. The van der Waals surface area contributed by atoms with Gasteiger partial charge in [-0.15, -0.1) is 6.58 Å². The molecule has 5 heteroatoms. The van der Waals surface area contributed by atoms with Crippen molar-refractivity contribution in [3.63, 3.8) is 0 Å². The Hall–Kier alpha value is -2.92. The first-order valence-electron chi connectivity index (χ1n) is 8.78. The minimum Gasteiger partial charge on any atom is -0.468 e. The fourth-order valence-corrected chi connectivity index (χ4v) is 2.99. The number of allylic oxidation sites excluding steroid dienone is 3. The van der Waals surface area contributed by atoms with Gasteiger partial charge in [-0.2, -0.15) is 0 Å². The van der Waals surface area contributed by atoms with Gasteiger partial charge in [0.25, 0.3) is 0 Å². The lowest BCUT2D eigenvalue weighted by atomic mass is 9.86. The fourth-order valence-electron chi connectivity index (χ4n) is 2.99. The molecule has 0 radical (unpaired) electrons. The number of fused-ring (bicyclic) bond motifs is 1. The van der Waals surface area contributed by atoms with Crippen molar-refractivity contribution in [1.82, 2.24) is 0 Å². The molecular weight excluding hydrogens is 344 g/mol. The highest BCUT2D eigenvalue weighted by atomic mass is 16.7. The van der Waals surface area contributed by atoms with E-state index in [1.165, 1.54) is 6.08 Å². The molecule has 1 aliphatic heterocycles. The number of hydrogen-bond donors (Lipinski definition) is 0. The molecule has 0 amide bonds. The molecule has 1 atom stereocenters. The topological polar surface area (TPSA) is 61.8 Å². The molecule has 5 nitrogen and oxygen atoms in total.